The molecule has 0 aromatic rings. The van der Waals surface area contributed by atoms with Gasteiger partial charge in [-0.25, -0.2) is 0 Å². The van der Waals surface area contributed by atoms with E-state index >= 15 is 4.79 Å². The van der Waals surface area contributed by atoms with Crippen molar-refractivity contribution in [1.82, 2.24) is 5.32 Å². The first-order valence-corrected chi connectivity index (χ1v) is 21.7. The molecule has 3 spiro atoms. The number of nitrogens with one attached hydrogen (secondary N) is 1. The van der Waals surface area contributed by atoms with Crippen molar-refractivity contribution in [2.24, 2.45) is 63.4 Å². The number of allylic oxidation sites excluding steroid dienone is 5. The van der Waals surface area contributed by atoms with Crippen LogP contribution in [0.15, 0.2) is 47.7 Å². The number of carbonyl (C=O) groups is 1. The molecule has 4 saturated carbocycles. The van der Waals surface area contributed by atoms with Crippen molar-refractivity contribution < 1.29 is 35.1 Å². The minimum Gasteiger partial charge on any atom is -0.390 e. The molecule has 300 valence electrons. The number of ketones is 1. The van der Waals surface area contributed by atoms with Crippen LogP contribution in [0, 0.1) is 69.5 Å². The number of fused-ring (bicyclic) bond motifs is 4. The van der Waals surface area contributed by atoms with E-state index in [-0.39, 0.29) is 61.0 Å². The van der Waals surface area contributed by atoms with Gasteiger partial charge in [-0.05, 0) is 129 Å². The summed E-state index contributed by atoms with van der Waals surface area (Å²) < 4.78 is 6.77. The highest BCUT2D eigenvalue weighted by Gasteiger charge is 2.76. The molecule has 6 bridgehead atoms. The van der Waals surface area contributed by atoms with Crippen LogP contribution in [0.1, 0.15) is 111 Å². The molecule has 10 rings (SSSR count). The van der Waals surface area contributed by atoms with Gasteiger partial charge in [-0.15, -0.1) is 11.8 Å². The number of aliphatic hydroxyl groups excluding tert-OH is 3. The van der Waals surface area contributed by atoms with Crippen molar-refractivity contribution in [2.75, 3.05) is 0 Å². The Labute approximate surface area is 326 Å². The van der Waals surface area contributed by atoms with Crippen molar-refractivity contribution in [2.45, 2.75) is 159 Å². The Bertz CT molecular complexity index is 1760. The maximum absolute atomic E-state index is 15.0. The fraction of sp³-hybridized carbons (Fsp3) is 0.761. The Morgan fingerprint density at radius 1 is 1.02 bits per heavy atom. The molecular formula is C46H64N2O7. The molecule has 2 heterocycles. The second-order valence-electron chi connectivity index (χ2n) is 19.9. The summed E-state index contributed by atoms with van der Waals surface area (Å²) in [6.45, 7) is 6.20. The number of carbonyl (C=O) groups excluding carboxylic acids is 1. The van der Waals surface area contributed by atoms with Crippen LogP contribution in [0.25, 0.3) is 0 Å². The second-order valence-corrected chi connectivity index (χ2v) is 19.9. The second kappa shape index (κ2) is 13.4. The van der Waals surface area contributed by atoms with Crippen LogP contribution in [-0.4, -0.2) is 79.2 Å². The first kappa shape index (κ1) is 38.2. The van der Waals surface area contributed by atoms with Gasteiger partial charge in [0, 0.05) is 30.4 Å². The normalized spacial score (nSPS) is 51.2. The molecule has 2 aliphatic heterocycles. The minimum atomic E-state index is -1.61. The van der Waals surface area contributed by atoms with Crippen LogP contribution >= 0.6 is 0 Å². The predicted octanol–water partition coefficient (Wildman–Crippen LogP) is 4.57. The average molecular weight is 757 g/mol. The third kappa shape index (κ3) is 5.34. The summed E-state index contributed by atoms with van der Waals surface area (Å²) in [6, 6.07) is 0. The smallest absolute Gasteiger partial charge is 0.163 e. The molecule has 0 amide bonds. The standard InChI is InChI=1S/C46H64N2O7/c1-4-7-27-8-13-31-26(2)40(55-35(31)14-9-27)41(52)42(3,53)36-16-19-46(54)32-20-37(51)44-18-6-5-17-43(36,46)22-29-11-10-28(30-12-15-38(47)48-25-30)21-45(44,39(29)32)24-34(50)33(49)23-44/h10-12,15,20,25-29,31,33-36,38-41,48-50,52-54H,4,7-9,13-14,16-19,21-24,47H2,1-3H3/t26-,27+,28+,29-,31-,33+,34-,35+,36+,38?,39-,40+,41+,42+,43+,44-,45+,46+/m0/s1. The number of dihydropyridines is 1. The number of ether oxygens (including phenoxy) is 1. The summed E-state index contributed by atoms with van der Waals surface area (Å²) >= 11 is 0. The summed E-state index contributed by atoms with van der Waals surface area (Å²) in [5, 5.41) is 64.9. The molecule has 0 radical (unpaired) electrons. The van der Waals surface area contributed by atoms with Crippen molar-refractivity contribution in [3.63, 3.8) is 0 Å². The molecule has 9 heteroatoms. The zero-order valence-electron chi connectivity index (χ0n) is 33.0. The number of hydrogen-bond donors (Lipinski definition) is 7. The SMILES string of the molecule is CCC[C@@H]1CC[C@H]2[C@H](C)[C@H]([C@@H](O)[C@](C)(O)[C@H]3CC[C@@]4(O)C5=CC(=O)[C@@]67CC#CC[C@@]34C[C@@H]3C=C[C@@H](C4=CNC(N)C=C4)C[C@@]6(C[C@H](O)[C@H](O)C7)[C@H]53)O[C@@H]2CC1. The number of nitrogens with two attached hydrogens (primary N) is 1. The summed E-state index contributed by atoms with van der Waals surface area (Å²) in [6.07, 6.45) is 17.8. The van der Waals surface area contributed by atoms with Crippen LogP contribution in [0.4, 0.5) is 0 Å². The third-order valence-electron chi connectivity index (χ3n) is 17.6. The topological polar surface area (TPSA) is 165 Å². The number of hydrogen-bond acceptors (Lipinski definition) is 9. The van der Waals surface area contributed by atoms with Crippen molar-refractivity contribution in [3.8, 4) is 11.8 Å². The molecule has 0 aromatic carbocycles. The Morgan fingerprint density at radius 3 is 2.55 bits per heavy atom. The minimum absolute atomic E-state index is 0.0734. The Hall–Kier alpha value is -2.29. The fourth-order valence-corrected chi connectivity index (χ4v) is 14.9. The van der Waals surface area contributed by atoms with Gasteiger partial charge >= 0.3 is 0 Å². The molecular weight excluding hydrogens is 693 g/mol. The summed E-state index contributed by atoms with van der Waals surface area (Å²) in [7, 11) is 0. The molecule has 8 N–H and O–H groups in total. The molecule has 1 unspecified atom stereocenters. The summed E-state index contributed by atoms with van der Waals surface area (Å²) in [5.41, 5.74) is 2.03. The Morgan fingerprint density at radius 2 is 1.78 bits per heavy atom. The fourth-order valence-electron chi connectivity index (χ4n) is 14.9. The van der Waals surface area contributed by atoms with Gasteiger partial charge in [0.05, 0.1) is 47.2 Å². The number of rotatable bonds is 6. The summed E-state index contributed by atoms with van der Waals surface area (Å²) in [4.78, 5) is 15.0. The zero-order chi connectivity index (χ0) is 38.7. The molecule has 55 heavy (non-hydrogen) atoms. The van der Waals surface area contributed by atoms with Gasteiger partial charge in [0.15, 0.2) is 5.78 Å². The van der Waals surface area contributed by atoms with E-state index in [4.69, 9.17) is 10.5 Å². The van der Waals surface area contributed by atoms with Crippen LogP contribution in [0.2, 0.25) is 0 Å². The van der Waals surface area contributed by atoms with Crippen molar-refractivity contribution in [3.05, 3.63) is 47.7 Å². The lowest BCUT2D eigenvalue weighted by molar-refractivity contribution is -0.215. The quantitative estimate of drug-likeness (QED) is 0.152. The molecule has 10 aliphatic rings. The Balaban J connectivity index is 1.13. The van der Waals surface area contributed by atoms with Gasteiger partial charge in [-0.1, -0.05) is 51.3 Å². The van der Waals surface area contributed by atoms with Crippen molar-refractivity contribution in [1.29, 1.82) is 0 Å². The van der Waals surface area contributed by atoms with Crippen molar-refractivity contribution >= 4 is 5.78 Å². The maximum atomic E-state index is 15.0. The van der Waals surface area contributed by atoms with E-state index in [1.807, 2.05) is 18.4 Å². The first-order valence-electron chi connectivity index (χ1n) is 21.7. The number of aliphatic hydroxyl groups is 5. The zero-order valence-corrected chi connectivity index (χ0v) is 33.0. The van der Waals surface area contributed by atoms with E-state index < -0.39 is 57.8 Å². The van der Waals surface area contributed by atoms with Crippen LogP contribution < -0.4 is 11.1 Å². The molecule has 0 aromatic heterocycles. The lowest BCUT2D eigenvalue weighted by Gasteiger charge is -2.67. The molecule has 1 saturated heterocycles. The first-order chi connectivity index (χ1) is 26.2. The Kier molecular flexibility index (Phi) is 9.30. The third-order valence-corrected chi connectivity index (χ3v) is 17.6. The molecule has 9 nitrogen and oxygen atoms in total. The van der Waals surface area contributed by atoms with Gasteiger partial charge < -0.3 is 41.3 Å². The summed E-state index contributed by atoms with van der Waals surface area (Å²) in [5.74, 6) is 6.88. The largest absolute Gasteiger partial charge is 0.390 e. The van der Waals surface area contributed by atoms with Gasteiger partial charge in [0.25, 0.3) is 0 Å². The highest BCUT2D eigenvalue weighted by molar-refractivity contribution is 5.98. The maximum Gasteiger partial charge on any atom is 0.163 e. The lowest BCUT2D eigenvalue weighted by atomic mass is 9.36. The van der Waals surface area contributed by atoms with E-state index in [1.54, 1.807) is 13.0 Å². The van der Waals surface area contributed by atoms with E-state index in [0.29, 0.717) is 43.6 Å². The highest BCUT2D eigenvalue weighted by Crippen LogP contribution is 2.76. The lowest BCUT2D eigenvalue weighted by Crippen LogP contribution is -2.69. The molecule has 8 aliphatic carbocycles. The van der Waals surface area contributed by atoms with Gasteiger partial charge in [0.2, 0.25) is 0 Å². The van der Waals surface area contributed by atoms with Crippen LogP contribution in [-0.2, 0) is 9.53 Å². The average Bonchev–Trinajstić information content (AvgIpc) is 3.47. The molecule has 18 atom stereocenters. The highest BCUT2D eigenvalue weighted by atomic mass is 16.5. The van der Waals surface area contributed by atoms with E-state index in [1.165, 1.54) is 19.3 Å². The van der Waals surface area contributed by atoms with E-state index in [0.717, 1.165) is 30.8 Å². The van der Waals surface area contributed by atoms with Gasteiger partial charge in [-0.3, -0.25) is 4.79 Å². The van der Waals surface area contributed by atoms with Crippen LogP contribution in [0.3, 0.4) is 0 Å². The van der Waals surface area contributed by atoms with E-state index in [9.17, 15) is 25.5 Å². The predicted molar refractivity (Wildman–Crippen MR) is 208 cm³/mol. The van der Waals surface area contributed by atoms with Crippen LogP contribution in [0.5, 0.6) is 0 Å². The van der Waals surface area contributed by atoms with Gasteiger partial charge in [-0.2, -0.15) is 0 Å². The van der Waals surface area contributed by atoms with Gasteiger partial charge in [0.1, 0.15) is 6.10 Å². The van der Waals surface area contributed by atoms with E-state index in [2.05, 4.69) is 43.2 Å². The molecule has 5 fully saturated rings. The monoisotopic (exact) mass is 756 g/mol.